The number of esters is 1. The number of carbonyl (C=O) groups is 1. The second-order valence-electron chi connectivity index (χ2n) is 4.77. The molecule has 2 aromatic rings. The summed E-state index contributed by atoms with van der Waals surface area (Å²) in [6.07, 6.45) is 1.60. The summed E-state index contributed by atoms with van der Waals surface area (Å²) < 4.78 is 10.6. The number of hydrogen-bond donors (Lipinski definition) is 1. The molecule has 6 heteroatoms. The average Bonchev–Trinajstić information content (AvgIpc) is 2.37. The lowest BCUT2D eigenvalue weighted by molar-refractivity contribution is -0.152. The lowest BCUT2D eigenvalue weighted by Crippen LogP contribution is -2.37. The third kappa shape index (κ3) is 3.60. The van der Waals surface area contributed by atoms with Crippen molar-refractivity contribution in [1.29, 1.82) is 0 Å². The van der Waals surface area contributed by atoms with Crippen LogP contribution >= 0.6 is 24.2 Å². The molecular weight excluding hydrogens is 310 g/mol. The molecule has 112 valence electrons. The van der Waals surface area contributed by atoms with Gasteiger partial charge in [0.15, 0.2) is 0 Å². The second kappa shape index (κ2) is 6.12. The van der Waals surface area contributed by atoms with E-state index in [1.807, 2.05) is 6.92 Å². The Morgan fingerprint density at radius 2 is 2.14 bits per heavy atom. The van der Waals surface area contributed by atoms with E-state index in [4.69, 9.17) is 21.1 Å². The fraction of sp³-hybridized carbons (Fsp3) is 0.333. The minimum atomic E-state index is -1.36. The van der Waals surface area contributed by atoms with E-state index >= 15 is 0 Å². The quantitative estimate of drug-likeness (QED) is 0.528. The molecule has 0 saturated heterocycles. The van der Waals surface area contributed by atoms with Crippen LogP contribution in [0.15, 0.2) is 24.4 Å². The van der Waals surface area contributed by atoms with Gasteiger partial charge in [-0.05, 0) is 44.5 Å². The van der Waals surface area contributed by atoms with Crippen molar-refractivity contribution in [3.63, 3.8) is 0 Å². The van der Waals surface area contributed by atoms with Crippen molar-refractivity contribution < 1.29 is 14.3 Å². The van der Waals surface area contributed by atoms with Gasteiger partial charge in [0.05, 0.1) is 17.1 Å². The molecule has 1 atom stereocenters. The summed E-state index contributed by atoms with van der Waals surface area (Å²) in [5, 5.41) is 1.38. The second-order valence-corrected chi connectivity index (χ2v) is 6.06. The van der Waals surface area contributed by atoms with Crippen molar-refractivity contribution in [2.75, 3.05) is 6.61 Å². The fourth-order valence-corrected chi connectivity index (χ4v) is 2.30. The van der Waals surface area contributed by atoms with E-state index in [2.05, 4.69) is 17.6 Å². The molecule has 0 bridgehead atoms. The number of pyridine rings is 1. The standard InChI is InChI=1S/C15H16ClNO3S/c1-4-19-14(18)15(3,21)20-12-5-9(2)13-10(7-12)6-11(16)8-17-13/h5-8,21H,4H2,1-3H3. The molecule has 0 aliphatic rings. The highest BCUT2D eigenvalue weighted by Gasteiger charge is 2.33. The van der Waals surface area contributed by atoms with Gasteiger partial charge < -0.3 is 9.47 Å². The van der Waals surface area contributed by atoms with Gasteiger partial charge in [-0.1, -0.05) is 11.6 Å². The lowest BCUT2D eigenvalue weighted by atomic mass is 10.1. The molecule has 1 heterocycles. The molecule has 0 spiro atoms. The number of carbonyl (C=O) groups excluding carboxylic acids is 1. The Labute approximate surface area is 133 Å². The highest BCUT2D eigenvalue weighted by atomic mass is 35.5. The zero-order valence-electron chi connectivity index (χ0n) is 12.0. The summed E-state index contributed by atoms with van der Waals surface area (Å²) in [6, 6.07) is 5.37. The first-order valence-corrected chi connectivity index (χ1v) is 7.30. The van der Waals surface area contributed by atoms with Crippen LogP contribution < -0.4 is 4.74 Å². The van der Waals surface area contributed by atoms with Crippen molar-refractivity contribution in [3.8, 4) is 5.75 Å². The van der Waals surface area contributed by atoms with E-state index in [-0.39, 0.29) is 6.61 Å². The van der Waals surface area contributed by atoms with E-state index in [0.29, 0.717) is 10.8 Å². The minimum Gasteiger partial charge on any atom is -0.466 e. The van der Waals surface area contributed by atoms with Gasteiger partial charge in [-0.2, -0.15) is 0 Å². The first-order chi connectivity index (χ1) is 9.83. The average molecular weight is 326 g/mol. The SMILES string of the molecule is CCOC(=O)C(C)(S)Oc1cc(C)c2ncc(Cl)cc2c1. The van der Waals surface area contributed by atoms with Crippen LogP contribution in [0, 0.1) is 6.92 Å². The third-order valence-electron chi connectivity index (χ3n) is 2.88. The Morgan fingerprint density at radius 1 is 1.43 bits per heavy atom. The Bertz CT molecular complexity index is 688. The number of hydrogen-bond acceptors (Lipinski definition) is 5. The van der Waals surface area contributed by atoms with Crippen LogP contribution in [0.25, 0.3) is 10.9 Å². The fourth-order valence-electron chi connectivity index (χ4n) is 1.97. The van der Waals surface area contributed by atoms with Gasteiger partial charge in [0.25, 0.3) is 0 Å². The molecule has 4 nitrogen and oxygen atoms in total. The smallest absolute Gasteiger partial charge is 0.360 e. The summed E-state index contributed by atoms with van der Waals surface area (Å²) in [6.45, 7) is 5.46. The first kappa shape index (κ1) is 15.9. The molecular formula is C15H16ClNO3S. The molecule has 0 amide bonds. The van der Waals surface area contributed by atoms with Crippen molar-refractivity contribution in [1.82, 2.24) is 4.98 Å². The maximum Gasteiger partial charge on any atom is 0.360 e. The summed E-state index contributed by atoms with van der Waals surface area (Å²) >= 11 is 10.2. The van der Waals surface area contributed by atoms with Crippen LogP contribution in [0.1, 0.15) is 19.4 Å². The lowest BCUT2D eigenvalue weighted by Gasteiger charge is -2.23. The molecule has 0 saturated carbocycles. The molecule has 0 N–H and O–H groups in total. The van der Waals surface area contributed by atoms with E-state index in [1.54, 1.807) is 38.2 Å². The van der Waals surface area contributed by atoms with Gasteiger partial charge >= 0.3 is 5.97 Å². The Hall–Kier alpha value is -1.46. The number of aromatic nitrogens is 1. The van der Waals surface area contributed by atoms with E-state index < -0.39 is 10.9 Å². The minimum absolute atomic E-state index is 0.272. The van der Waals surface area contributed by atoms with Gasteiger partial charge in [0, 0.05) is 11.6 Å². The number of halogens is 1. The van der Waals surface area contributed by atoms with Gasteiger partial charge in [0.1, 0.15) is 5.75 Å². The van der Waals surface area contributed by atoms with Gasteiger partial charge in [-0.15, -0.1) is 12.6 Å². The van der Waals surface area contributed by atoms with Gasteiger partial charge in [0.2, 0.25) is 4.93 Å². The number of rotatable bonds is 4. The molecule has 0 aliphatic carbocycles. The molecule has 1 aromatic carbocycles. The molecule has 1 aromatic heterocycles. The summed E-state index contributed by atoms with van der Waals surface area (Å²) in [7, 11) is 0. The van der Waals surface area contributed by atoms with Gasteiger partial charge in [-0.25, -0.2) is 4.79 Å². The maximum atomic E-state index is 11.8. The van der Waals surface area contributed by atoms with Crippen molar-refractivity contribution in [3.05, 3.63) is 35.0 Å². The van der Waals surface area contributed by atoms with E-state index in [0.717, 1.165) is 16.5 Å². The van der Waals surface area contributed by atoms with E-state index in [1.165, 1.54) is 0 Å². The summed E-state index contributed by atoms with van der Waals surface area (Å²) in [5.41, 5.74) is 1.76. The Morgan fingerprint density at radius 3 is 2.81 bits per heavy atom. The van der Waals surface area contributed by atoms with Crippen LogP contribution in [0.3, 0.4) is 0 Å². The van der Waals surface area contributed by atoms with Crippen LogP contribution in [0.2, 0.25) is 5.02 Å². The number of thiol groups is 1. The molecule has 2 rings (SSSR count). The zero-order chi connectivity index (χ0) is 15.6. The molecule has 1 unspecified atom stereocenters. The predicted octanol–water partition coefficient (Wildman–Crippen LogP) is 3.78. The molecule has 0 radical (unpaired) electrons. The highest BCUT2D eigenvalue weighted by Crippen LogP contribution is 2.29. The Balaban J connectivity index is 2.36. The number of nitrogens with zero attached hydrogens (tertiary/aromatic N) is 1. The molecule has 0 fully saturated rings. The van der Waals surface area contributed by atoms with Crippen molar-refractivity contribution in [2.24, 2.45) is 0 Å². The summed E-state index contributed by atoms with van der Waals surface area (Å²) in [4.78, 5) is 14.7. The highest BCUT2D eigenvalue weighted by molar-refractivity contribution is 7.82. The monoisotopic (exact) mass is 325 g/mol. The van der Waals surface area contributed by atoms with Crippen molar-refractivity contribution >= 4 is 41.1 Å². The van der Waals surface area contributed by atoms with E-state index in [9.17, 15) is 4.79 Å². The van der Waals surface area contributed by atoms with Crippen LogP contribution in [-0.2, 0) is 9.53 Å². The van der Waals surface area contributed by atoms with Gasteiger partial charge in [-0.3, -0.25) is 4.98 Å². The van der Waals surface area contributed by atoms with Crippen LogP contribution in [0.5, 0.6) is 5.75 Å². The summed E-state index contributed by atoms with van der Waals surface area (Å²) in [5.74, 6) is -0.0232. The molecule has 0 aliphatic heterocycles. The Kier molecular flexibility index (Phi) is 4.64. The van der Waals surface area contributed by atoms with Crippen LogP contribution in [-0.4, -0.2) is 22.5 Å². The first-order valence-electron chi connectivity index (χ1n) is 6.48. The zero-order valence-corrected chi connectivity index (χ0v) is 13.7. The largest absolute Gasteiger partial charge is 0.466 e. The normalized spacial score (nSPS) is 13.8. The number of benzene rings is 1. The van der Waals surface area contributed by atoms with Crippen molar-refractivity contribution in [2.45, 2.75) is 25.7 Å². The number of ether oxygens (including phenoxy) is 2. The third-order valence-corrected chi connectivity index (χ3v) is 3.37. The number of fused-ring (bicyclic) bond motifs is 1. The van der Waals surface area contributed by atoms with Crippen LogP contribution in [0.4, 0.5) is 0 Å². The number of aryl methyl sites for hydroxylation is 1. The topological polar surface area (TPSA) is 48.4 Å². The molecule has 21 heavy (non-hydrogen) atoms. The maximum absolute atomic E-state index is 11.8. The predicted molar refractivity (Wildman–Crippen MR) is 86.1 cm³/mol.